The van der Waals surface area contributed by atoms with Crippen molar-refractivity contribution in [1.82, 2.24) is 4.57 Å². The van der Waals surface area contributed by atoms with Gasteiger partial charge in [-0.15, -0.1) is 0 Å². The molecule has 0 aromatic carbocycles. The first-order valence-corrected chi connectivity index (χ1v) is 6.24. The second-order valence-electron chi connectivity index (χ2n) is 3.73. The van der Waals surface area contributed by atoms with Crippen molar-refractivity contribution in [3.8, 4) is 0 Å². The second-order valence-corrected chi connectivity index (χ2v) is 4.65. The Kier molecular flexibility index (Phi) is 3.66. The van der Waals surface area contributed by atoms with E-state index < -0.39 is 0 Å². The predicted octanol–water partition coefficient (Wildman–Crippen LogP) is 1.47. The molecule has 1 aromatic rings. The number of aromatic nitrogens is 1. The SMILES string of the molecule is CCn1cc(Br)cc(N2CCOCC2)c1=O. The summed E-state index contributed by atoms with van der Waals surface area (Å²) in [5.41, 5.74) is 0.840. The van der Waals surface area contributed by atoms with Crippen LogP contribution in [0.2, 0.25) is 0 Å². The normalized spacial score (nSPS) is 16.5. The molecule has 1 aromatic heterocycles. The van der Waals surface area contributed by atoms with Crippen molar-refractivity contribution in [1.29, 1.82) is 0 Å². The number of halogens is 1. The highest BCUT2D eigenvalue weighted by molar-refractivity contribution is 9.10. The first kappa shape index (κ1) is 11.7. The number of ether oxygens (including phenoxy) is 1. The molecule has 1 aliphatic rings. The molecule has 1 saturated heterocycles. The molecule has 0 amide bonds. The Morgan fingerprint density at radius 2 is 2.12 bits per heavy atom. The van der Waals surface area contributed by atoms with E-state index in [2.05, 4.69) is 20.8 Å². The zero-order chi connectivity index (χ0) is 11.5. The number of anilines is 1. The molecule has 4 nitrogen and oxygen atoms in total. The third-order valence-electron chi connectivity index (χ3n) is 2.73. The fourth-order valence-electron chi connectivity index (χ4n) is 1.85. The lowest BCUT2D eigenvalue weighted by atomic mass is 10.3. The van der Waals surface area contributed by atoms with Gasteiger partial charge in [0.2, 0.25) is 0 Å². The van der Waals surface area contributed by atoms with Crippen LogP contribution in [0, 0.1) is 0 Å². The Hall–Kier alpha value is -0.810. The van der Waals surface area contributed by atoms with E-state index in [0.29, 0.717) is 19.8 Å². The van der Waals surface area contributed by atoms with E-state index in [4.69, 9.17) is 4.74 Å². The number of hydrogen-bond donors (Lipinski definition) is 0. The third kappa shape index (κ3) is 2.30. The molecule has 1 aliphatic heterocycles. The second kappa shape index (κ2) is 5.01. The smallest absolute Gasteiger partial charge is 0.274 e. The highest BCUT2D eigenvalue weighted by Crippen LogP contribution is 2.16. The van der Waals surface area contributed by atoms with Crippen LogP contribution in [0.25, 0.3) is 0 Å². The van der Waals surface area contributed by atoms with Crippen LogP contribution in [-0.4, -0.2) is 30.9 Å². The molecule has 5 heteroatoms. The van der Waals surface area contributed by atoms with E-state index >= 15 is 0 Å². The lowest BCUT2D eigenvalue weighted by Gasteiger charge is -2.28. The molecule has 2 rings (SSSR count). The molecule has 0 unspecified atom stereocenters. The monoisotopic (exact) mass is 286 g/mol. The van der Waals surface area contributed by atoms with Crippen molar-refractivity contribution in [3.05, 3.63) is 27.1 Å². The highest BCUT2D eigenvalue weighted by atomic mass is 79.9. The number of aryl methyl sites for hydroxylation is 1. The molecule has 88 valence electrons. The molecule has 0 aliphatic carbocycles. The Labute approximate surface area is 103 Å². The van der Waals surface area contributed by atoms with Crippen LogP contribution in [0.4, 0.5) is 5.69 Å². The van der Waals surface area contributed by atoms with Crippen molar-refractivity contribution in [2.75, 3.05) is 31.2 Å². The van der Waals surface area contributed by atoms with Gasteiger partial charge in [-0.1, -0.05) is 0 Å². The van der Waals surface area contributed by atoms with E-state index in [1.165, 1.54) is 0 Å². The van der Waals surface area contributed by atoms with E-state index in [1.807, 2.05) is 19.2 Å². The van der Waals surface area contributed by atoms with Gasteiger partial charge >= 0.3 is 0 Å². The summed E-state index contributed by atoms with van der Waals surface area (Å²) in [6, 6.07) is 1.89. The quantitative estimate of drug-likeness (QED) is 0.826. The maximum Gasteiger partial charge on any atom is 0.274 e. The van der Waals surface area contributed by atoms with Crippen LogP contribution < -0.4 is 10.5 Å². The fraction of sp³-hybridized carbons (Fsp3) is 0.545. The number of hydrogen-bond acceptors (Lipinski definition) is 3. The number of nitrogens with zero attached hydrogens (tertiary/aromatic N) is 2. The van der Waals surface area contributed by atoms with Crippen molar-refractivity contribution in [2.45, 2.75) is 13.5 Å². The molecule has 0 bridgehead atoms. The first-order chi connectivity index (χ1) is 7.72. The van der Waals surface area contributed by atoms with Gasteiger partial charge < -0.3 is 14.2 Å². The van der Waals surface area contributed by atoms with E-state index in [0.717, 1.165) is 23.2 Å². The average Bonchev–Trinajstić information content (AvgIpc) is 2.33. The molecule has 0 spiro atoms. The number of pyridine rings is 1. The maximum absolute atomic E-state index is 12.1. The zero-order valence-corrected chi connectivity index (χ0v) is 10.9. The van der Waals surface area contributed by atoms with E-state index in [9.17, 15) is 4.79 Å². The minimum absolute atomic E-state index is 0.0765. The molecular formula is C11H15BrN2O2. The summed E-state index contributed by atoms with van der Waals surface area (Å²) in [6.07, 6.45) is 1.83. The average molecular weight is 287 g/mol. The molecular weight excluding hydrogens is 272 g/mol. The van der Waals surface area contributed by atoms with Crippen molar-refractivity contribution >= 4 is 21.6 Å². The van der Waals surface area contributed by atoms with E-state index in [-0.39, 0.29) is 5.56 Å². The van der Waals surface area contributed by atoms with Gasteiger partial charge in [0.1, 0.15) is 5.69 Å². The van der Waals surface area contributed by atoms with Crippen LogP contribution in [-0.2, 0) is 11.3 Å². The molecule has 16 heavy (non-hydrogen) atoms. The Bertz CT molecular complexity index is 424. The predicted molar refractivity (Wildman–Crippen MR) is 67.1 cm³/mol. The van der Waals surface area contributed by atoms with Gasteiger partial charge in [0.05, 0.1) is 13.2 Å². The highest BCUT2D eigenvalue weighted by Gasteiger charge is 2.15. The summed E-state index contributed by atoms with van der Waals surface area (Å²) < 4.78 is 7.94. The van der Waals surface area contributed by atoms with Crippen LogP contribution in [0.3, 0.4) is 0 Å². The first-order valence-electron chi connectivity index (χ1n) is 5.45. The molecule has 0 N–H and O–H groups in total. The summed E-state index contributed by atoms with van der Waals surface area (Å²) in [6.45, 7) is 5.62. The van der Waals surface area contributed by atoms with Crippen LogP contribution in [0.15, 0.2) is 21.5 Å². The summed E-state index contributed by atoms with van der Waals surface area (Å²) >= 11 is 3.44. The van der Waals surface area contributed by atoms with Gasteiger partial charge in [0.25, 0.3) is 5.56 Å². The largest absolute Gasteiger partial charge is 0.378 e. The molecule has 1 fully saturated rings. The van der Waals surface area contributed by atoms with Gasteiger partial charge in [0, 0.05) is 30.3 Å². The van der Waals surface area contributed by atoms with Gasteiger partial charge in [-0.2, -0.15) is 0 Å². The topological polar surface area (TPSA) is 34.5 Å². The third-order valence-corrected chi connectivity index (χ3v) is 3.16. The van der Waals surface area contributed by atoms with Gasteiger partial charge in [-0.05, 0) is 28.9 Å². The van der Waals surface area contributed by atoms with Crippen molar-refractivity contribution in [3.63, 3.8) is 0 Å². The van der Waals surface area contributed by atoms with Crippen LogP contribution in [0.5, 0.6) is 0 Å². The summed E-state index contributed by atoms with van der Waals surface area (Å²) in [7, 11) is 0. The lowest BCUT2D eigenvalue weighted by Crippen LogP contribution is -2.40. The minimum atomic E-state index is 0.0765. The Morgan fingerprint density at radius 3 is 2.75 bits per heavy atom. The minimum Gasteiger partial charge on any atom is -0.378 e. The lowest BCUT2D eigenvalue weighted by molar-refractivity contribution is 0.122. The fourth-order valence-corrected chi connectivity index (χ4v) is 2.31. The Balaban J connectivity index is 2.38. The summed E-state index contributed by atoms with van der Waals surface area (Å²) in [5.74, 6) is 0. The number of rotatable bonds is 2. The van der Waals surface area contributed by atoms with Gasteiger partial charge in [0.15, 0.2) is 0 Å². The molecule has 0 atom stereocenters. The molecule has 2 heterocycles. The maximum atomic E-state index is 12.1. The summed E-state index contributed by atoms with van der Waals surface area (Å²) in [4.78, 5) is 14.2. The zero-order valence-electron chi connectivity index (χ0n) is 9.28. The van der Waals surface area contributed by atoms with Crippen molar-refractivity contribution < 1.29 is 4.74 Å². The van der Waals surface area contributed by atoms with Gasteiger partial charge in [-0.25, -0.2) is 0 Å². The Morgan fingerprint density at radius 1 is 1.44 bits per heavy atom. The van der Waals surface area contributed by atoms with E-state index in [1.54, 1.807) is 4.57 Å². The standard InChI is InChI=1S/C11H15BrN2O2/c1-2-13-8-9(12)7-10(11(13)15)14-3-5-16-6-4-14/h7-8H,2-6H2,1H3. The van der Waals surface area contributed by atoms with Crippen LogP contribution in [0.1, 0.15) is 6.92 Å². The van der Waals surface area contributed by atoms with Crippen molar-refractivity contribution in [2.24, 2.45) is 0 Å². The van der Waals surface area contributed by atoms with Gasteiger partial charge in [-0.3, -0.25) is 4.79 Å². The molecule has 0 radical (unpaired) electrons. The van der Waals surface area contributed by atoms with Crippen LogP contribution >= 0.6 is 15.9 Å². The molecule has 0 saturated carbocycles. The number of morpholine rings is 1. The summed E-state index contributed by atoms with van der Waals surface area (Å²) in [5, 5.41) is 0.